The number of nitrogens with zero attached hydrogens (tertiary/aromatic N) is 3. The van der Waals surface area contributed by atoms with Gasteiger partial charge in [0, 0.05) is 32.8 Å². The van der Waals surface area contributed by atoms with Crippen molar-refractivity contribution in [1.29, 1.82) is 5.26 Å². The summed E-state index contributed by atoms with van der Waals surface area (Å²) in [5.41, 5.74) is 6.68. The van der Waals surface area contributed by atoms with E-state index in [4.69, 9.17) is 11.0 Å². The van der Waals surface area contributed by atoms with Crippen molar-refractivity contribution in [1.82, 2.24) is 9.47 Å². The molecular weight excluding hydrogens is 235 g/mol. The van der Waals surface area contributed by atoms with Crippen LogP contribution in [0.15, 0.2) is 12.3 Å². The third-order valence-electron chi connectivity index (χ3n) is 3.24. The predicted molar refractivity (Wildman–Crippen MR) is 63.0 cm³/mol. The molecule has 2 heterocycles. The highest BCUT2D eigenvalue weighted by molar-refractivity contribution is 5.80. The fourth-order valence-electron chi connectivity index (χ4n) is 2.38. The smallest absolute Gasteiger partial charge is 0.234 e. The molecule has 1 fully saturated rings. The van der Waals surface area contributed by atoms with Gasteiger partial charge in [-0.3, -0.25) is 9.69 Å². The monoisotopic (exact) mass is 250 g/mol. The number of amides is 1. The van der Waals surface area contributed by atoms with E-state index in [0.717, 1.165) is 5.56 Å². The number of hydrogen-bond donors (Lipinski definition) is 1. The van der Waals surface area contributed by atoms with Crippen molar-refractivity contribution in [3.8, 4) is 6.07 Å². The standard InChI is InChI=1S/C12H15FN4O/c1-16-5-8(2-10(16)4-14)6-17-7-9(13)3-11(17)12(15)18/h2,5,9,11H,3,6-7H2,1H3,(H2,15,18)/t9-,11+/m1/s1. The Bertz CT molecular complexity index is 505. The van der Waals surface area contributed by atoms with E-state index >= 15 is 0 Å². The second-order valence-corrected chi connectivity index (χ2v) is 4.64. The van der Waals surface area contributed by atoms with E-state index in [9.17, 15) is 9.18 Å². The number of nitriles is 1. The second-order valence-electron chi connectivity index (χ2n) is 4.64. The molecule has 18 heavy (non-hydrogen) atoms. The third kappa shape index (κ3) is 2.36. The Hall–Kier alpha value is -1.87. The predicted octanol–water partition coefficient (Wildman–Crippen LogP) is 0.294. The van der Waals surface area contributed by atoms with Crippen molar-refractivity contribution in [3.63, 3.8) is 0 Å². The van der Waals surface area contributed by atoms with Crippen LogP contribution in [0.2, 0.25) is 0 Å². The number of rotatable bonds is 3. The van der Waals surface area contributed by atoms with Gasteiger partial charge < -0.3 is 10.3 Å². The van der Waals surface area contributed by atoms with E-state index in [1.165, 1.54) is 0 Å². The summed E-state index contributed by atoms with van der Waals surface area (Å²) in [6, 6.07) is 3.25. The Morgan fingerprint density at radius 3 is 3.00 bits per heavy atom. The zero-order valence-corrected chi connectivity index (χ0v) is 10.1. The summed E-state index contributed by atoms with van der Waals surface area (Å²) >= 11 is 0. The van der Waals surface area contributed by atoms with Gasteiger partial charge in [-0.2, -0.15) is 5.26 Å². The van der Waals surface area contributed by atoms with Crippen LogP contribution in [-0.2, 0) is 18.4 Å². The van der Waals surface area contributed by atoms with E-state index < -0.39 is 18.1 Å². The quantitative estimate of drug-likeness (QED) is 0.838. The van der Waals surface area contributed by atoms with Crippen LogP contribution in [0, 0.1) is 11.3 Å². The highest BCUT2D eigenvalue weighted by Gasteiger charge is 2.35. The average molecular weight is 250 g/mol. The van der Waals surface area contributed by atoms with E-state index in [-0.39, 0.29) is 13.0 Å². The number of alkyl halides is 1. The van der Waals surface area contributed by atoms with Gasteiger partial charge in [-0.1, -0.05) is 0 Å². The average Bonchev–Trinajstić information content (AvgIpc) is 2.82. The normalized spacial score (nSPS) is 24.1. The Balaban J connectivity index is 2.13. The molecule has 5 nitrogen and oxygen atoms in total. The Morgan fingerprint density at radius 1 is 1.72 bits per heavy atom. The second kappa shape index (κ2) is 4.78. The van der Waals surface area contributed by atoms with Gasteiger partial charge in [-0.05, 0) is 11.6 Å². The van der Waals surface area contributed by atoms with Crippen LogP contribution in [0.3, 0.4) is 0 Å². The first-order valence-electron chi connectivity index (χ1n) is 5.74. The van der Waals surface area contributed by atoms with Gasteiger partial charge in [0.1, 0.15) is 17.9 Å². The summed E-state index contributed by atoms with van der Waals surface area (Å²) in [5.74, 6) is -0.494. The van der Waals surface area contributed by atoms with E-state index in [0.29, 0.717) is 12.2 Å². The van der Waals surface area contributed by atoms with Gasteiger partial charge in [0.05, 0.1) is 6.04 Å². The first-order chi connectivity index (χ1) is 8.51. The van der Waals surface area contributed by atoms with Gasteiger partial charge in [0.2, 0.25) is 5.91 Å². The largest absolute Gasteiger partial charge is 0.368 e. The van der Waals surface area contributed by atoms with E-state index in [1.54, 1.807) is 22.6 Å². The Kier molecular flexibility index (Phi) is 3.34. The summed E-state index contributed by atoms with van der Waals surface area (Å²) in [6.07, 6.45) is 0.955. The van der Waals surface area contributed by atoms with E-state index in [1.807, 2.05) is 6.20 Å². The van der Waals surface area contributed by atoms with Crippen LogP contribution in [0.1, 0.15) is 17.7 Å². The molecule has 0 radical (unpaired) electrons. The maximum atomic E-state index is 13.3. The molecule has 2 atom stereocenters. The fraction of sp³-hybridized carbons (Fsp3) is 0.500. The zero-order valence-electron chi connectivity index (χ0n) is 10.1. The fourth-order valence-corrected chi connectivity index (χ4v) is 2.38. The minimum absolute atomic E-state index is 0.160. The number of hydrogen-bond acceptors (Lipinski definition) is 3. The molecule has 0 bridgehead atoms. The third-order valence-corrected chi connectivity index (χ3v) is 3.24. The molecule has 6 heteroatoms. The maximum absolute atomic E-state index is 13.3. The molecule has 1 aliphatic heterocycles. The lowest BCUT2D eigenvalue weighted by molar-refractivity contribution is -0.122. The summed E-state index contributed by atoms with van der Waals surface area (Å²) in [4.78, 5) is 13.0. The number of carbonyl (C=O) groups excluding carboxylic acids is 1. The van der Waals surface area contributed by atoms with Crippen LogP contribution in [0.25, 0.3) is 0 Å². The van der Waals surface area contributed by atoms with Crippen molar-refractivity contribution in [2.45, 2.75) is 25.2 Å². The lowest BCUT2D eigenvalue weighted by Crippen LogP contribution is -2.39. The highest BCUT2D eigenvalue weighted by Crippen LogP contribution is 2.23. The molecule has 2 N–H and O–H groups in total. The molecule has 0 spiro atoms. The Morgan fingerprint density at radius 2 is 2.44 bits per heavy atom. The number of halogens is 1. The first-order valence-corrected chi connectivity index (χ1v) is 5.74. The van der Waals surface area contributed by atoms with Gasteiger partial charge in [0.25, 0.3) is 0 Å². The van der Waals surface area contributed by atoms with Crippen LogP contribution in [0.5, 0.6) is 0 Å². The molecule has 1 saturated heterocycles. The molecule has 0 aliphatic carbocycles. The number of likely N-dealkylation sites (tertiary alicyclic amines) is 1. The number of aromatic nitrogens is 1. The van der Waals surface area contributed by atoms with Crippen LogP contribution >= 0.6 is 0 Å². The number of primary amides is 1. The van der Waals surface area contributed by atoms with Crippen LogP contribution in [-0.4, -0.2) is 34.1 Å². The summed E-state index contributed by atoms with van der Waals surface area (Å²) in [5, 5.41) is 8.86. The highest BCUT2D eigenvalue weighted by atomic mass is 19.1. The molecule has 96 valence electrons. The topological polar surface area (TPSA) is 75.0 Å². The Labute approximate surface area is 105 Å². The SMILES string of the molecule is Cn1cc(CN2C[C@H](F)C[C@H]2C(N)=O)cc1C#N. The number of carbonyl (C=O) groups is 1. The van der Waals surface area contributed by atoms with Crippen molar-refractivity contribution < 1.29 is 9.18 Å². The van der Waals surface area contributed by atoms with Gasteiger partial charge in [0.15, 0.2) is 0 Å². The van der Waals surface area contributed by atoms with Gasteiger partial charge in [-0.15, -0.1) is 0 Å². The lowest BCUT2D eigenvalue weighted by Gasteiger charge is -2.20. The van der Waals surface area contributed by atoms with Crippen molar-refractivity contribution in [2.75, 3.05) is 6.54 Å². The molecule has 1 aliphatic rings. The minimum atomic E-state index is -1.01. The summed E-state index contributed by atoms with van der Waals surface area (Å²) < 4.78 is 15.0. The molecule has 0 unspecified atom stereocenters. The molecule has 1 aromatic rings. The zero-order chi connectivity index (χ0) is 13.3. The van der Waals surface area contributed by atoms with Crippen molar-refractivity contribution in [2.24, 2.45) is 12.8 Å². The number of nitrogens with two attached hydrogens (primary N) is 1. The lowest BCUT2D eigenvalue weighted by atomic mass is 10.2. The molecule has 0 aromatic carbocycles. The first kappa shape index (κ1) is 12.6. The summed E-state index contributed by atoms with van der Waals surface area (Å²) in [6.45, 7) is 0.647. The minimum Gasteiger partial charge on any atom is -0.368 e. The van der Waals surface area contributed by atoms with Crippen molar-refractivity contribution in [3.05, 3.63) is 23.5 Å². The molecule has 1 amide bonds. The maximum Gasteiger partial charge on any atom is 0.234 e. The van der Waals surface area contributed by atoms with Crippen LogP contribution < -0.4 is 5.73 Å². The molecular formula is C12H15FN4O. The molecule has 1 aromatic heterocycles. The number of aryl methyl sites for hydroxylation is 1. The molecule has 2 rings (SSSR count). The van der Waals surface area contributed by atoms with Gasteiger partial charge >= 0.3 is 0 Å². The van der Waals surface area contributed by atoms with E-state index in [2.05, 4.69) is 6.07 Å². The van der Waals surface area contributed by atoms with Crippen molar-refractivity contribution >= 4 is 5.91 Å². The van der Waals surface area contributed by atoms with Gasteiger partial charge in [-0.25, -0.2) is 4.39 Å². The summed E-state index contributed by atoms with van der Waals surface area (Å²) in [7, 11) is 1.77. The van der Waals surface area contributed by atoms with Crippen LogP contribution in [0.4, 0.5) is 4.39 Å². The molecule has 0 saturated carbocycles.